The minimum atomic E-state index is -0.553. The number of benzene rings is 1. The quantitative estimate of drug-likeness (QED) is 0.860. The second kappa shape index (κ2) is 6.66. The molecule has 0 fully saturated rings. The Morgan fingerprint density at radius 2 is 1.95 bits per heavy atom. The molecule has 1 rings (SSSR count). The van der Waals surface area contributed by atoms with Crippen molar-refractivity contribution >= 4 is 11.6 Å². The number of anilines is 1. The molecule has 2 N–H and O–H groups in total. The van der Waals surface area contributed by atoms with Crippen LogP contribution in [0.2, 0.25) is 0 Å². The molecule has 0 atom stereocenters. The van der Waals surface area contributed by atoms with Gasteiger partial charge in [-0.1, -0.05) is 19.9 Å². The van der Waals surface area contributed by atoms with E-state index in [4.69, 9.17) is 5.73 Å². The summed E-state index contributed by atoms with van der Waals surface area (Å²) in [7, 11) is 0. The molecule has 0 radical (unpaired) electrons. The highest BCUT2D eigenvalue weighted by Gasteiger charge is 2.36. The second-order valence-corrected chi connectivity index (χ2v) is 4.72. The Labute approximate surface area is 114 Å². The molecule has 1 aromatic carbocycles. The Morgan fingerprint density at radius 1 is 1.32 bits per heavy atom. The minimum absolute atomic E-state index is 0.0203. The molecule has 0 saturated carbocycles. The number of nitrogens with zero attached hydrogens (tertiary/aromatic N) is 1. The van der Waals surface area contributed by atoms with Crippen molar-refractivity contribution in [2.75, 3.05) is 18.0 Å². The first-order valence-corrected chi connectivity index (χ1v) is 6.82. The minimum Gasteiger partial charge on any atom is -0.329 e. The smallest absolute Gasteiger partial charge is 0.234 e. The largest absolute Gasteiger partial charge is 0.329 e. The van der Waals surface area contributed by atoms with Gasteiger partial charge in [-0.25, -0.2) is 4.39 Å². The number of nitrogens with two attached hydrogens (primary N) is 1. The van der Waals surface area contributed by atoms with Crippen LogP contribution in [0.15, 0.2) is 24.3 Å². The second-order valence-electron chi connectivity index (χ2n) is 4.72. The molecule has 106 valence electrons. The van der Waals surface area contributed by atoms with Crippen LogP contribution in [0.4, 0.5) is 10.1 Å². The maximum absolute atomic E-state index is 13.3. The fourth-order valence-corrected chi connectivity index (χ4v) is 2.30. The molecule has 0 aliphatic heterocycles. The van der Waals surface area contributed by atoms with Gasteiger partial charge in [0, 0.05) is 18.8 Å². The summed E-state index contributed by atoms with van der Waals surface area (Å²) < 4.78 is 13.3. The highest BCUT2D eigenvalue weighted by Crippen LogP contribution is 2.30. The van der Waals surface area contributed by atoms with Crippen LogP contribution < -0.4 is 10.6 Å². The standard InChI is InChI=1S/C15H23FN2O/c1-4-15(5-2,11-17)14(19)18(6-3)13-9-7-8-12(16)10-13/h7-10H,4-6,11,17H2,1-3H3. The van der Waals surface area contributed by atoms with Crippen LogP contribution in [-0.4, -0.2) is 19.0 Å². The van der Waals surface area contributed by atoms with Crippen molar-refractivity contribution < 1.29 is 9.18 Å². The van der Waals surface area contributed by atoms with Crippen LogP contribution in [0.1, 0.15) is 33.6 Å². The number of rotatable bonds is 6. The number of carbonyl (C=O) groups excluding carboxylic acids is 1. The average Bonchev–Trinajstić information content (AvgIpc) is 2.42. The van der Waals surface area contributed by atoms with Gasteiger partial charge in [-0.2, -0.15) is 0 Å². The van der Waals surface area contributed by atoms with Gasteiger partial charge in [0.05, 0.1) is 5.41 Å². The van der Waals surface area contributed by atoms with Crippen LogP contribution in [0.5, 0.6) is 0 Å². The van der Waals surface area contributed by atoms with Crippen molar-refractivity contribution in [3.63, 3.8) is 0 Å². The highest BCUT2D eigenvalue weighted by molar-refractivity contribution is 5.97. The molecular formula is C15H23FN2O. The van der Waals surface area contributed by atoms with Gasteiger partial charge in [-0.3, -0.25) is 4.79 Å². The summed E-state index contributed by atoms with van der Waals surface area (Å²) in [6.07, 6.45) is 1.37. The number of halogens is 1. The highest BCUT2D eigenvalue weighted by atomic mass is 19.1. The molecule has 1 aromatic rings. The van der Waals surface area contributed by atoms with Crippen molar-refractivity contribution in [1.82, 2.24) is 0 Å². The summed E-state index contributed by atoms with van der Waals surface area (Å²) in [5, 5.41) is 0. The summed E-state index contributed by atoms with van der Waals surface area (Å²) >= 11 is 0. The monoisotopic (exact) mass is 266 g/mol. The maximum atomic E-state index is 13.3. The van der Waals surface area contributed by atoms with E-state index in [0.717, 1.165) is 0 Å². The molecule has 0 aliphatic carbocycles. The van der Waals surface area contributed by atoms with E-state index in [2.05, 4.69) is 0 Å². The Hall–Kier alpha value is -1.42. The van der Waals surface area contributed by atoms with E-state index in [1.165, 1.54) is 12.1 Å². The van der Waals surface area contributed by atoms with Crippen LogP contribution in [0.3, 0.4) is 0 Å². The van der Waals surface area contributed by atoms with E-state index in [1.807, 2.05) is 20.8 Å². The van der Waals surface area contributed by atoms with Gasteiger partial charge < -0.3 is 10.6 Å². The molecule has 0 heterocycles. The summed E-state index contributed by atoms with van der Waals surface area (Å²) in [5.41, 5.74) is 5.85. The molecule has 19 heavy (non-hydrogen) atoms. The van der Waals surface area contributed by atoms with E-state index in [1.54, 1.807) is 17.0 Å². The van der Waals surface area contributed by atoms with Gasteiger partial charge in [0.25, 0.3) is 0 Å². The summed E-state index contributed by atoms with van der Waals surface area (Å²) in [6, 6.07) is 6.12. The Bertz CT molecular complexity index is 422. The lowest BCUT2D eigenvalue weighted by molar-refractivity contribution is -0.128. The average molecular weight is 266 g/mol. The molecule has 0 bridgehead atoms. The maximum Gasteiger partial charge on any atom is 0.234 e. The zero-order valence-electron chi connectivity index (χ0n) is 11.9. The first-order valence-electron chi connectivity index (χ1n) is 6.82. The Balaban J connectivity index is 3.12. The summed E-state index contributed by atoms with van der Waals surface area (Å²) in [6.45, 7) is 6.63. The molecule has 3 nitrogen and oxygen atoms in total. The summed E-state index contributed by atoms with van der Waals surface area (Å²) in [4.78, 5) is 14.3. The molecule has 4 heteroatoms. The van der Waals surface area contributed by atoms with E-state index in [-0.39, 0.29) is 11.7 Å². The Morgan fingerprint density at radius 3 is 2.37 bits per heavy atom. The zero-order chi connectivity index (χ0) is 14.5. The van der Waals surface area contributed by atoms with Gasteiger partial charge in [0.15, 0.2) is 0 Å². The van der Waals surface area contributed by atoms with Gasteiger partial charge in [0.1, 0.15) is 5.82 Å². The number of carbonyl (C=O) groups is 1. The molecule has 0 unspecified atom stereocenters. The Kier molecular flexibility index (Phi) is 5.48. The number of hydrogen-bond acceptors (Lipinski definition) is 2. The molecule has 0 aliphatic rings. The normalized spacial score (nSPS) is 11.4. The number of hydrogen-bond donors (Lipinski definition) is 1. The van der Waals surface area contributed by atoms with E-state index in [9.17, 15) is 9.18 Å². The fraction of sp³-hybridized carbons (Fsp3) is 0.533. The van der Waals surface area contributed by atoms with E-state index in [0.29, 0.717) is 31.6 Å². The first-order chi connectivity index (χ1) is 9.04. The predicted molar refractivity (Wildman–Crippen MR) is 76.5 cm³/mol. The predicted octanol–water partition coefficient (Wildman–Crippen LogP) is 2.94. The van der Waals surface area contributed by atoms with Crippen LogP contribution >= 0.6 is 0 Å². The van der Waals surface area contributed by atoms with Gasteiger partial charge in [-0.05, 0) is 38.0 Å². The van der Waals surface area contributed by atoms with Gasteiger partial charge in [-0.15, -0.1) is 0 Å². The zero-order valence-corrected chi connectivity index (χ0v) is 11.9. The lowest BCUT2D eigenvalue weighted by atomic mass is 9.81. The van der Waals surface area contributed by atoms with Crippen molar-refractivity contribution in [1.29, 1.82) is 0 Å². The van der Waals surface area contributed by atoms with Crippen molar-refractivity contribution in [3.8, 4) is 0 Å². The lowest BCUT2D eigenvalue weighted by Gasteiger charge is -2.34. The van der Waals surface area contributed by atoms with Crippen LogP contribution in [-0.2, 0) is 4.79 Å². The molecule has 0 saturated heterocycles. The molecule has 0 spiro atoms. The first kappa shape index (κ1) is 15.6. The number of amides is 1. The van der Waals surface area contributed by atoms with Gasteiger partial charge >= 0.3 is 0 Å². The van der Waals surface area contributed by atoms with E-state index < -0.39 is 5.41 Å². The third-order valence-corrected chi connectivity index (χ3v) is 3.88. The molecule has 1 amide bonds. The van der Waals surface area contributed by atoms with Crippen LogP contribution in [0.25, 0.3) is 0 Å². The third kappa shape index (κ3) is 3.13. The molecular weight excluding hydrogens is 243 g/mol. The lowest BCUT2D eigenvalue weighted by Crippen LogP contribution is -2.47. The fourth-order valence-electron chi connectivity index (χ4n) is 2.30. The molecule has 0 aromatic heterocycles. The SMILES string of the molecule is CCN(C(=O)C(CC)(CC)CN)c1cccc(F)c1. The van der Waals surface area contributed by atoms with Crippen molar-refractivity contribution in [3.05, 3.63) is 30.1 Å². The topological polar surface area (TPSA) is 46.3 Å². The summed E-state index contributed by atoms with van der Waals surface area (Å²) in [5.74, 6) is -0.358. The van der Waals surface area contributed by atoms with Crippen molar-refractivity contribution in [2.24, 2.45) is 11.1 Å². The third-order valence-electron chi connectivity index (χ3n) is 3.88. The van der Waals surface area contributed by atoms with Crippen molar-refractivity contribution in [2.45, 2.75) is 33.6 Å². The van der Waals surface area contributed by atoms with Crippen LogP contribution in [0, 0.1) is 11.2 Å². The van der Waals surface area contributed by atoms with E-state index >= 15 is 0 Å². The van der Waals surface area contributed by atoms with Gasteiger partial charge in [0.2, 0.25) is 5.91 Å².